The molecule has 19 heavy (non-hydrogen) atoms. The van der Waals surface area contributed by atoms with Crippen molar-refractivity contribution in [2.45, 2.75) is 6.92 Å². The number of carbonyl (C=O) groups excluding carboxylic acids is 2. The Balaban J connectivity index is 2.87. The third-order valence-electron chi connectivity index (χ3n) is 2.10. The van der Waals surface area contributed by atoms with Gasteiger partial charge in [0.15, 0.2) is 11.5 Å². The van der Waals surface area contributed by atoms with Gasteiger partial charge in [-0.2, -0.15) is 0 Å². The summed E-state index contributed by atoms with van der Waals surface area (Å²) in [5.74, 6) is -0.102. The van der Waals surface area contributed by atoms with Crippen molar-refractivity contribution in [1.29, 1.82) is 0 Å². The van der Waals surface area contributed by atoms with Gasteiger partial charge in [0.05, 0.1) is 7.11 Å². The van der Waals surface area contributed by atoms with Crippen LogP contribution in [0.3, 0.4) is 0 Å². The summed E-state index contributed by atoms with van der Waals surface area (Å²) < 4.78 is 10.1. The maximum absolute atomic E-state index is 10.9. The van der Waals surface area contributed by atoms with E-state index in [1.54, 1.807) is 30.4 Å². The molecule has 0 aliphatic heterocycles. The van der Waals surface area contributed by atoms with Crippen molar-refractivity contribution in [2.75, 3.05) is 7.11 Å². The molecule has 2 N–H and O–H groups in total. The Morgan fingerprint density at radius 1 is 1.21 bits per heavy atom. The van der Waals surface area contributed by atoms with E-state index < -0.39 is 11.9 Å². The molecular formula is C14H15NO4. The zero-order valence-electron chi connectivity index (χ0n) is 10.8. The SMILES string of the molecule is COc1cc(/C=C/C=C\C(N)=O)ccc1OC(C)=O. The lowest BCUT2D eigenvalue weighted by Crippen LogP contribution is -2.04. The Morgan fingerprint density at radius 3 is 2.53 bits per heavy atom. The van der Waals surface area contributed by atoms with E-state index in [1.165, 1.54) is 26.2 Å². The van der Waals surface area contributed by atoms with Gasteiger partial charge in [0, 0.05) is 13.0 Å². The van der Waals surface area contributed by atoms with Crippen LogP contribution in [-0.4, -0.2) is 19.0 Å². The number of carbonyl (C=O) groups is 2. The highest BCUT2D eigenvalue weighted by atomic mass is 16.6. The van der Waals surface area contributed by atoms with E-state index in [4.69, 9.17) is 15.2 Å². The summed E-state index contributed by atoms with van der Waals surface area (Å²) in [6.07, 6.45) is 6.22. The van der Waals surface area contributed by atoms with Gasteiger partial charge in [0.2, 0.25) is 5.91 Å². The molecule has 0 unspecified atom stereocenters. The molecule has 5 heteroatoms. The number of benzene rings is 1. The van der Waals surface area contributed by atoms with Crippen LogP contribution in [0, 0.1) is 0 Å². The van der Waals surface area contributed by atoms with Crippen LogP contribution in [0.2, 0.25) is 0 Å². The second-order valence-electron chi connectivity index (χ2n) is 3.62. The fourth-order valence-corrected chi connectivity index (χ4v) is 1.34. The fraction of sp³-hybridized carbons (Fsp3) is 0.143. The third kappa shape index (κ3) is 5.08. The van der Waals surface area contributed by atoms with E-state index in [-0.39, 0.29) is 0 Å². The van der Waals surface area contributed by atoms with Gasteiger partial charge in [-0.25, -0.2) is 0 Å². The molecule has 0 spiro atoms. The lowest BCUT2D eigenvalue weighted by Gasteiger charge is -2.08. The Morgan fingerprint density at radius 2 is 1.95 bits per heavy atom. The number of rotatable bonds is 5. The number of nitrogens with two attached hydrogens (primary N) is 1. The van der Waals surface area contributed by atoms with Gasteiger partial charge in [-0.1, -0.05) is 24.3 Å². The topological polar surface area (TPSA) is 78.6 Å². The van der Waals surface area contributed by atoms with Crippen LogP contribution >= 0.6 is 0 Å². The van der Waals surface area contributed by atoms with Crippen LogP contribution in [-0.2, 0) is 9.59 Å². The number of methoxy groups -OCH3 is 1. The van der Waals surface area contributed by atoms with Crippen molar-refractivity contribution < 1.29 is 19.1 Å². The van der Waals surface area contributed by atoms with Crippen molar-refractivity contribution >= 4 is 18.0 Å². The number of amides is 1. The molecule has 0 saturated carbocycles. The second kappa shape index (κ2) is 7.00. The molecule has 0 bridgehead atoms. The summed E-state index contributed by atoms with van der Waals surface area (Å²) in [6, 6.07) is 5.11. The van der Waals surface area contributed by atoms with Crippen LogP contribution in [0.4, 0.5) is 0 Å². The average molecular weight is 261 g/mol. The molecule has 0 aliphatic carbocycles. The summed E-state index contributed by atoms with van der Waals surface area (Å²) in [6.45, 7) is 1.32. The van der Waals surface area contributed by atoms with Gasteiger partial charge in [0.25, 0.3) is 0 Å². The molecule has 1 amide bonds. The Bertz CT molecular complexity index is 532. The predicted molar refractivity (Wildman–Crippen MR) is 71.7 cm³/mol. The monoisotopic (exact) mass is 261 g/mol. The predicted octanol–water partition coefficient (Wildman–Crippen LogP) is 1.68. The largest absolute Gasteiger partial charge is 0.493 e. The van der Waals surface area contributed by atoms with Crippen molar-refractivity contribution in [2.24, 2.45) is 5.73 Å². The number of hydrogen-bond acceptors (Lipinski definition) is 4. The summed E-state index contributed by atoms with van der Waals surface area (Å²) in [4.78, 5) is 21.4. The van der Waals surface area contributed by atoms with E-state index in [2.05, 4.69) is 0 Å². The minimum absolute atomic E-state index is 0.361. The van der Waals surface area contributed by atoms with Gasteiger partial charge in [-0.05, 0) is 17.7 Å². The van der Waals surface area contributed by atoms with Crippen LogP contribution in [0.15, 0.2) is 36.4 Å². The van der Waals surface area contributed by atoms with E-state index in [0.717, 1.165) is 5.56 Å². The molecule has 1 aromatic carbocycles. The van der Waals surface area contributed by atoms with Crippen LogP contribution in [0.5, 0.6) is 11.5 Å². The number of esters is 1. The Kier molecular flexibility index (Phi) is 5.35. The summed E-state index contributed by atoms with van der Waals surface area (Å²) in [5.41, 5.74) is 5.79. The van der Waals surface area contributed by atoms with E-state index in [1.807, 2.05) is 0 Å². The van der Waals surface area contributed by atoms with Gasteiger partial charge in [-0.15, -0.1) is 0 Å². The first-order valence-electron chi connectivity index (χ1n) is 5.53. The van der Waals surface area contributed by atoms with E-state index in [0.29, 0.717) is 11.5 Å². The Labute approximate surface area is 111 Å². The zero-order chi connectivity index (χ0) is 14.3. The van der Waals surface area contributed by atoms with Gasteiger partial charge in [0.1, 0.15) is 0 Å². The fourth-order valence-electron chi connectivity index (χ4n) is 1.34. The molecule has 0 radical (unpaired) electrons. The van der Waals surface area contributed by atoms with Crippen LogP contribution in [0.25, 0.3) is 6.08 Å². The molecular weight excluding hydrogens is 246 g/mol. The van der Waals surface area contributed by atoms with Gasteiger partial charge >= 0.3 is 5.97 Å². The van der Waals surface area contributed by atoms with E-state index in [9.17, 15) is 9.59 Å². The van der Waals surface area contributed by atoms with Gasteiger partial charge < -0.3 is 15.2 Å². The zero-order valence-corrected chi connectivity index (χ0v) is 10.8. The quantitative estimate of drug-likeness (QED) is 0.378. The van der Waals surface area contributed by atoms with E-state index >= 15 is 0 Å². The molecule has 1 aromatic rings. The number of primary amides is 1. The maximum atomic E-state index is 10.9. The molecule has 0 aliphatic rings. The van der Waals surface area contributed by atoms with Crippen LogP contribution < -0.4 is 15.2 Å². The highest BCUT2D eigenvalue weighted by Crippen LogP contribution is 2.28. The molecule has 0 saturated heterocycles. The lowest BCUT2D eigenvalue weighted by atomic mass is 10.2. The number of hydrogen-bond donors (Lipinski definition) is 1. The highest BCUT2D eigenvalue weighted by Gasteiger charge is 2.06. The van der Waals surface area contributed by atoms with Crippen molar-refractivity contribution in [3.63, 3.8) is 0 Å². The first-order valence-corrected chi connectivity index (χ1v) is 5.53. The number of allylic oxidation sites excluding steroid dienone is 2. The van der Waals surface area contributed by atoms with Gasteiger partial charge in [-0.3, -0.25) is 9.59 Å². The minimum Gasteiger partial charge on any atom is -0.493 e. The summed E-state index contributed by atoms with van der Waals surface area (Å²) in [5, 5.41) is 0. The molecule has 1 rings (SSSR count). The summed E-state index contributed by atoms with van der Waals surface area (Å²) >= 11 is 0. The standard InChI is InChI=1S/C14H15NO4/c1-10(16)19-12-8-7-11(9-13(12)18-2)5-3-4-6-14(15)17/h3-9H,1-2H3,(H2,15,17)/b5-3+,6-4-. The molecule has 0 aromatic heterocycles. The molecule has 100 valence electrons. The minimum atomic E-state index is -0.507. The normalized spacial score (nSPS) is 10.8. The smallest absolute Gasteiger partial charge is 0.308 e. The average Bonchev–Trinajstić information content (AvgIpc) is 2.35. The first-order chi connectivity index (χ1) is 9.02. The first kappa shape index (κ1) is 14.5. The second-order valence-corrected chi connectivity index (χ2v) is 3.62. The third-order valence-corrected chi connectivity index (χ3v) is 2.10. The van der Waals surface area contributed by atoms with Crippen LogP contribution in [0.1, 0.15) is 12.5 Å². The van der Waals surface area contributed by atoms with Crippen molar-refractivity contribution in [1.82, 2.24) is 0 Å². The van der Waals surface area contributed by atoms with Crippen molar-refractivity contribution in [3.05, 3.63) is 42.0 Å². The summed E-state index contributed by atoms with van der Waals surface area (Å²) in [7, 11) is 1.49. The number of ether oxygens (including phenoxy) is 2. The maximum Gasteiger partial charge on any atom is 0.308 e. The molecule has 5 nitrogen and oxygen atoms in total. The molecule has 0 heterocycles. The highest BCUT2D eigenvalue weighted by molar-refractivity contribution is 5.86. The van der Waals surface area contributed by atoms with Crippen molar-refractivity contribution in [3.8, 4) is 11.5 Å². The molecule has 0 atom stereocenters. The molecule has 0 fully saturated rings. The lowest BCUT2D eigenvalue weighted by molar-refractivity contribution is -0.132. The Hall–Kier alpha value is -2.56.